The Hall–Kier alpha value is -1.55. The second-order valence-electron chi connectivity index (χ2n) is 7.42. The van der Waals surface area contributed by atoms with E-state index in [1.807, 2.05) is 6.92 Å². The summed E-state index contributed by atoms with van der Waals surface area (Å²) in [5.41, 5.74) is 3.13. The van der Waals surface area contributed by atoms with Crippen molar-refractivity contribution in [2.24, 2.45) is 0 Å². The Morgan fingerprint density at radius 2 is 1.79 bits per heavy atom. The Morgan fingerprint density at radius 1 is 1.12 bits per heavy atom. The molecule has 2 N–H and O–H groups in total. The summed E-state index contributed by atoms with van der Waals surface area (Å²) in [5.74, 6) is 0.181. The summed E-state index contributed by atoms with van der Waals surface area (Å²) in [6.07, 6.45) is 5.37. The van der Waals surface area contributed by atoms with Crippen molar-refractivity contribution >= 4 is 5.97 Å². The van der Waals surface area contributed by atoms with Crippen molar-refractivity contribution in [1.29, 1.82) is 0 Å². The van der Waals surface area contributed by atoms with E-state index in [1.54, 1.807) is 0 Å². The number of benzene rings is 1. The number of aryl methyl sites for hydroxylation is 2. The molecular weight excluding hydrogens is 304 g/mol. The fraction of sp³-hybridized carbons (Fsp3) is 0.650. The second-order valence-corrected chi connectivity index (χ2v) is 7.42. The minimum Gasteiger partial charge on any atom is -0.507 e. The lowest BCUT2D eigenvalue weighted by Gasteiger charge is -2.22. The van der Waals surface area contributed by atoms with Crippen LogP contribution in [0.25, 0.3) is 0 Å². The van der Waals surface area contributed by atoms with E-state index in [2.05, 4.69) is 32.9 Å². The zero-order valence-electron chi connectivity index (χ0n) is 15.5. The smallest absolute Gasteiger partial charge is 0.305 e. The van der Waals surface area contributed by atoms with Gasteiger partial charge in [0.2, 0.25) is 0 Å². The molecule has 136 valence electrons. The molecule has 0 saturated heterocycles. The number of rotatable bonds is 9. The van der Waals surface area contributed by atoms with Gasteiger partial charge in [-0.3, -0.25) is 4.79 Å². The second kappa shape index (κ2) is 9.67. The van der Waals surface area contributed by atoms with Crippen molar-refractivity contribution in [2.75, 3.05) is 13.2 Å². The maximum absolute atomic E-state index is 11.3. The average Bonchev–Trinajstić information content (AvgIpc) is 2.50. The van der Waals surface area contributed by atoms with Gasteiger partial charge in [-0.1, -0.05) is 45.7 Å². The number of phenolic OH excluding ortho intramolecular Hbond substituents is 1. The van der Waals surface area contributed by atoms with Crippen molar-refractivity contribution < 1.29 is 19.7 Å². The van der Waals surface area contributed by atoms with Gasteiger partial charge in [0.15, 0.2) is 0 Å². The first kappa shape index (κ1) is 20.5. The molecule has 0 aliphatic carbocycles. The highest BCUT2D eigenvalue weighted by molar-refractivity contribution is 5.69. The molecule has 0 radical (unpaired) electrons. The highest BCUT2D eigenvalue weighted by atomic mass is 16.5. The van der Waals surface area contributed by atoms with Gasteiger partial charge in [0.25, 0.3) is 0 Å². The first-order valence-corrected chi connectivity index (χ1v) is 8.85. The van der Waals surface area contributed by atoms with Crippen LogP contribution >= 0.6 is 0 Å². The highest BCUT2D eigenvalue weighted by Gasteiger charge is 2.20. The van der Waals surface area contributed by atoms with Gasteiger partial charge in [-0.2, -0.15) is 0 Å². The van der Waals surface area contributed by atoms with Crippen LogP contribution in [0.5, 0.6) is 5.75 Å². The van der Waals surface area contributed by atoms with Crippen molar-refractivity contribution in [3.05, 3.63) is 28.8 Å². The van der Waals surface area contributed by atoms with Crippen molar-refractivity contribution in [2.45, 2.75) is 71.6 Å². The molecule has 1 rings (SSSR count). The molecule has 1 aromatic carbocycles. The zero-order chi connectivity index (χ0) is 18.2. The topological polar surface area (TPSA) is 66.8 Å². The highest BCUT2D eigenvalue weighted by Crippen LogP contribution is 2.34. The molecule has 0 aromatic heterocycles. The Kier molecular flexibility index (Phi) is 8.26. The summed E-state index contributed by atoms with van der Waals surface area (Å²) in [6, 6.07) is 4.19. The van der Waals surface area contributed by atoms with E-state index in [-0.39, 0.29) is 24.6 Å². The normalized spacial score (nSPS) is 11.5. The molecule has 0 bridgehead atoms. The van der Waals surface area contributed by atoms with Crippen LogP contribution in [-0.2, 0) is 21.4 Å². The lowest BCUT2D eigenvalue weighted by molar-refractivity contribution is -0.144. The van der Waals surface area contributed by atoms with E-state index < -0.39 is 0 Å². The molecule has 4 nitrogen and oxygen atoms in total. The molecule has 24 heavy (non-hydrogen) atoms. The molecule has 0 amide bonds. The molecule has 4 heteroatoms. The average molecular weight is 336 g/mol. The number of aliphatic hydroxyl groups is 1. The Labute approximate surface area is 145 Å². The van der Waals surface area contributed by atoms with Gasteiger partial charge in [-0.25, -0.2) is 0 Å². The minimum atomic E-state index is -0.229. The summed E-state index contributed by atoms with van der Waals surface area (Å²) in [4.78, 5) is 11.3. The summed E-state index contributed by atoms with van der Waals surface area (Å²) in [5, 5.41) is 18.8. The fourth-order valence-corrected chi connectivity index (χ4v) is 2.75. The molecule has 0 aliphatic rings. The standard InChI is InChI=1S/C20H32O4/c1-15-13-16(14-17(19(15)23)20(2,3)4)9-7-5-6-8-10-18(22)24-12-11-21/h13-14,21,23H,5-12H2,1-4H3. The number of hydrogen-bond acceptors (Lipinski definition) is 4. The number of phenols is 1. The zero-order valence-corrected chi connectivity index (χ0v) is 15.5. The van der Waals surface area contributed by atoms with Crippen LogP contribution in [0.4, 0.5) is 0 Å². The molecule has 0 fully saturated rings. The molecule has 0 unspecified atom stereocenters. The molecule has 0 heterocycles. The third-order valence-corrected chi connectivity index (χ3v) is 4.12. The lowest BCUT2D eigenvalue weighted by Crippen LogP contribution is -2.12. The van der Waals surface area contributed by atoms with Gasteiger partial charge in [-0.15, -0.1) is 0 Å². The summed E-state index contributed by atoms with van der Waals surface area (Å²) in [6.45, 7) is 8.26. The number of unbranched alkanes of at least 4 members (excludes halogenated alkanes) is 3. The third kappa shape index (κ3) is 6.91. The van der Waals surface area contributed by atoms with Gasteiger partial charge in [0, 0.05) is 6.42 Å². The lowest BCUT2D eigenvalue weighted by atomic mass is 9.83. The van der Waals surface area contributed by atoms with Crippen LogP contribution in [0, 0.1) is 6.92 Å². The number of carbonyl (C=O) groups excluding carboxylic acids is 1. The number of carbonyl (C=O) groups is 1. The third-order valence-electron chi connectivity index (χ3n) is 4.12. The van der Waals surface area contributed by atoms with E-state index >= 15 is 0 Å². The van der Waals surface area contributed by atoms with Crippen LogP contribution in [0.3, 0.4) is 0 Å². The van der Waals surface area contributed by atoms with Gasteiger partial charge in [-0.05, 0) is 48.3 Å². The largest absolute Gasteiger partial charge is 0.507 e. The van der Waals surface area contributed by atoms with Crippen LogP contribution in [0.15, 0.2) is 12.1 Å². The first-order valence-electron chi connectivity index (χ1n) is 8.85. The van der Waals surface area contributed by atoms with E-state index in [0.717, 1.165) is 43.2 Å². The number of esters is 1. The fourth-order valence-electron chi connectivity index (χ4n) is 2.75. The minimum absolute atomic E-state index is 0.0697. The maximum Gasteiger partial charge on any atom is 0.305 e. The first-order chi connectivity index (χ1) is 11.3. The maximum atomic E-state index is 11.3. The van der Waals surface area contributed by atoms with Crippen LogP contribution < -0.4 is 0 Å². The predicted octanol–water partition coefficient (Wildman–Crippen LogP) is 4.03. The SMILES string of the molecule is Cc1cc(CCCCCCC(=O)OCCO)cc(C(C)(C)C)c1O. The van der Waals surface area contributed by atoms with Crippen LogP contribution in [0.2, 0.25) is 0 Å². The number of aliphatic hydroxyl groups excluding tert-OH is 1. The van der Waals surface area contributed by atoms with Crippen LogP contribution in [0.1, 0.15) is 69.6 Å². The molecule has 0 saturated carbocycles. The van der Waals surface area contributed by atoms with E-state index in [0.29, 0.717) is 12.2 Å². The summed E-state index contributed by atoms with van der Waals surface area (Å²) < 4.78 is 4.82. The van der Waals surface area contributed by atoms with Crippen LogP contribution in [-0.4, -0.2) is 29.4 Å². The van der Waals surface area contributed by atoms with Gasteiger partial charge >= 0.3 is 5.97 Å². The Bertz CT molecular complexity index is 529. The number of ether oxygens (including phenoxy) is 1. The van der Waals surface area contributed by atoms with Gasteiger partial charge < -0.3 is 14.9 Å². The molecule has 0 aliphatic heterocycles. The molecular formula is C20H32O4. The monoisotopic (exact) mass is 336 g/mol. The molecule has 0 spiro atoms. The van der Waals surface area contributed by atoms with E-state index in [9.17, 15) is 9.90 Å². The number of aromatic hydroxyl groups is 1. The predicted molar refractivity (Wildman–Crippen MR) is 96.4 cm³/mol. The van der Waals surface area contributed by atoms with Gasteiger partial charge in [0.05, 0.1) is 6.61 Å². The Balaban J connectivity index is 2.38. The Morgan fingerprint density at radius 3 is 2.42 bits per heavy atom. The summed E-state index contributed by atoms with van der Waals surface area (Å²) in [7, 11) is 0. The van der Waals surface area contributed by atoms with Crippen molar-refractivity contribution in [1.82, 2.24) is 0 Å². The quantitative estimate of drug-likeness (QED) is 0.528. The van der Waals surface area contributed by atoms with Crippen molar-refractivity contribution in [3.8, 4) is 5.75 Å². The van der Waals surface area contributed by atoms with E-state index in [1.165, 1.54) is 5.56 Å². The van der Waals surface area contributed by atoms with E-state index in [4.69, 9.17) is 9.84 Å². The number of hydrogen-bond donors (Lipinski definition) is 2. The van der Waals surface area contributed by atoms with Crippen molar-refractivity contribution in [3.63, 3.8) is 0 Å². The molecule has 0 atom stereocenters. The van der Waals surface area contributed by atoms with Gasteiger partial charge in [0.1, 0.15) is 12.4 Å². The molecule has 1 aromatic rings. The summed E-state index contributed by atoms with van der Waals surface area (Å²) >= 11 is 0.